The van der Waals surface area contributed by atoms with Gasteiger partial charge in [0.25, 0.3) is 0 Å². The average Bonchev–Trinajstić information content (AvgIpc) is 2.98. The van der Waals surface area contributed by atoms with E-state index < -0.39 is 122 Å². The van der Waals surface area contributed by atoms with Crippen LogP contribution in [-0.2, 0) is 58.2 Å². The normalized spacial score (nSPS) is 14.0. The molecule has 2 aromatic carbocycles. The molecule has 3 unspecified atom stereocenters. The third-order valence-corrected chi connectivity index (χ3v) is 9.04. The van der Waals surface area contributed by atoms with Crippen molar-refractivity contribution in [1.82, 2.24) is 0 Å². The molecule has 0 saturated carbocycles. The number of aliphatic carboxylic acids is 2. The number of quaternary nitrogens is 2. The number of carboxylic acid groups (broad SMARTS) is 2. The molecule has 2 rings (SSSR count). The van der Waals surface area contributed by atoms with Gasteiger partial charge in [0.2, 0.25) is 0 Å². The number of carbonyl (C=O) groups is 2. The number of benzene rings is 2. The summed E-state index contributed by atoms with van der Waals surface area (Å²) in [5.41, 5.74) is 0.633. The van der Waals surface area contributed by atoms with Crippen LogP contribution in [0.2, 0.25) is 0 Å². The third-order valence-electron chi connectivity index (χ3n) is 7.41. The molecular formula is C28H46N2O18P2. The van der Waals surface area contributed by atoms with Crippen LogP contribution in [0.5, 0.6) is 11.5 Å². The van der Waals surface area contributed by atoms with Crippen LogP contribution in [-0.4, -0.2) is 110 Å². The summed E-state index contributed by atoms with van der Waals surface area (Å²) >= 11 is 0. The first-order valence-corrected chi connectivity index (χ1v) is 17.8. The molecule has 0 aromatic heterocycles. The van der Waals surface area contributed by atoms with E-state index in [0.29, 0.717) is 0 Å². The number of hydrogen-bond donors (Lipinski definition) is 14. The van der Waals surface area contributed by atoms with Crippen LogP contribution in [0.25, 0.3) is 0 Å². The Bertz CT molecular complexity index is 1490. The van der Waals surface area contributed by atoms with E-state index in [1.165, 1.54) is 24.3 Å². The highest BCUT2D eigenvalue weighted by Crippen LogP contribution is 2.33. The lowest BCUT2D eigenvalue weighted by Crippen LogP contribution is -3.26. The first-order valence-electron chi connectivity index (χ1n) is 14.2. The van der Waals surface area contributed by atoms with Crippen LogP contribution >= 0.6 is 15.2 Å². The minimum atomic E-state index is -4.88. The summed E-state index contributed by atoms with van der Waals surface area (Å²) in [6.07, 6.45) is -2.96. The van der Waals surface area contributed by atoms with Crippen molar-refractivity contribution in [2.24, 2.45) is 0 Å². The smallest absolute Gasteiger partial charge is 0.379 e. The summed E-state index contributed by atoms with van der Waals surface area (Å²) < 4.78 is 24.3. The molecule has 0 saturated heterocycles. The van der Waals surface area contributed by atoms with Gasteiger partial charge < -0.3 is 90.0 Å². The monoisotopic (exact) mass is 760 g/mol. The SMILES string of the molecule is C.O=C([O-])CC(=O)[O-].O=P(O)(O)C[NH+](Cc1c(O)ccc(CO)c1CO)C(CO)[C@@H](CO)[NH+](Cc1c(O)cc(CO)cc1CO)CP(=O)(O)O. The number of hydrogen-bond acceptors (Lipinski definition) is 14. The second-order valence-corrected chi connectivity index (χ2v) is 14.2. The highest BCUT2D eigenvalue weighted by molar-refractivity contribution is 7.51. The molecule has 0 fully saturated rings. The first-order chi connectivity index (χ1) is 22.7. The molecular weight excluding hydrogens is 714 g/mol. The molecule has 4 atom stereocenters. The van der Waals surface area contributed by atoms with E-state index in [4.69, 9.17) is 0 Å². The van der Waals surface area contributed by atoms with Gasteiger partial charge in [-0.2, -0.15) is 0 Å². The summed E-state index contributed by atoms with van der Waals surface area (Å²) in [5, 5.41) is 99.5. The maximum atomic E-state index is 12.2. The Morgan fingerprint density at radius 3 is 1.44 bits per heavy atom. The van der Waals surface area contributed by atoms with Gasteiger partial charge in [-0.05, 0) is 34.4 Å². The zero-order valence-corrected chi connectivity index (χ0v) is 27.7. The molecule has 14 N–H and O–H groups in total. The zero-order chi connectivity index (χ0) is 37.7. The maximum Gasteiger partial charge on any atom is 0.379 e. The molecule has 50 heavy (non-hydrogen) atoms. The molecule has 22 heteroatoms. The summed E-state index contributed by atoms with van der Waals surface area (Å²) in [5.74, 6) is -4.07. The van der Waals surface area contributed by atoms with Gasteiger partial charge in [-0.1, -0.05) is 19.6 Å². The number of carbonyl (C=O) groups excluding carboxylic acids is 2. The Hall–Kier alpha value is -3.04. The average molecular weight is 761 g/mol. The third kappa shape index (κ3) is 15.1. The van der Waals surface area contributed by atoms with Crippen molar-refractivity contribution >= 4 is 27.1 Å². The first kappa shape index (κ1) is 47.0. The van der Waals surface area contributed by atoms with Gasteiger partial charge in [0.1, 0.15) is 37.8 Å². The van der Waals surface area contributed by atoms with Crippen LogP contribution in [0.3, 0.4) is 0 Å². The number of phenols is 2. The van der Waals surface area contributed by atoms with Crippen LogP contribution in [0.15, 0.2) is 24.3 Å². The maximum absolute atomic E-state index is 12.2. The molecule has 20 nitrogen and oxygen atoms in total. The molecule has 0 radical (unpaired) electrons. The number of phenolic OH excluding ortho intramolecular Hbond substituents is 2. The molecule has 0 amide bonds. The van der Waals surface area contributed by atoms with Crippen molar-refractivity contribution in [2.75, 3.05) is 25.8 Å². The lowest BCUT2D eigenvalue weighted by atomic mass is 9.98. The quantitative estimate of drug-likeness (QED) is 0.0467. The summed E-state index contributed by atoms with van der Waals surface area (Å²) in [7, 11) is -9.76. The largest absolute Gasteiger partial charge is 0.550 e. The lowest BCUT2D eigenvalue weighted by Gasteiger charge is -2.37. The van der Waals surface area contributed by atoms with Gasteiger partial charge in [0, 0.05) is 18.4 Å². The number of aliphatic hydroxyl groups is 6. The Kier molecular flexibility index (Phi) is 20.1. The molecule has 2 aromatic rings. The van der Waals surface area contributed by atoms with Crippen LogP contribution in [0, 0.1) is 0 Å². The Balaban J connectivity index is 0.00000270. The van der Waals surface area contributed by atoms with Gasteiger partial charge >= 0.3 is 15.2 Å². The topological polar surface area (TPSA) is 366 Å². The Labute approximate surface area is 286 Å². The summed E-state index contributed by atoms with van der Waals surface area (Å²) in [6, 6.07) is 2.37. The van der Waals surface area contributed by atoms with Crippen LogP contribution in [0.1, 0.15) is 47.2 Å². The summed E-state index contributed by atoms with van der Waals surface area (Å²) in [6.45, 7) is -4.95. The van der Waals surface area contributed by atoms with Crippen molar-refractivity contribution in [3.8, 4) is 11.5 Å². The fraction of sp³-hybridized carbons (Fsp3) is 0.500. The van der Waals surface area contributed by atoms with Crippen molar-refractivity contribution in [3.05, 3.63) is 57.6 Å². The standard InChI is InChI=1S/C24H38N2O14P2.C3H4O4.CH4/c27-7-15-3-17(9-29)18(24(34)4-15)5-25(13-41(35,36)37)21(11-31)22(12-32)26(14-42(38,39)40)6-19-20(10-30)16(8-28)1-2-23(19)33;4-2(5)1-3(6)7;/h1-4,21-22,27-34H,5-14H2,(H2,35,36,37)(H2,38,39,40);1H2,(H,4,5)(H,6,7);1H4/t21-,22?;;/m1../s1. The van der Waals surface area contributed by atoms with Crippen molar-refractivity contribution in [2.45, 2.75) is 65.4 Å². The van der Waals surface area contributed by atoms with Gasteiger partial charge in [0.05, 0.1) is 37.6 Å². The predicted octanol–water partition coefficient (Wildman–Crippen LogP) is -6.96. The minimum Gasteiger partial charge on any atom is -0.550 e. The van der Waals surface area contributed by atoms with E-state index in [-0.39, 0.29) is 50.6 Å². The lowest BCUT2D eigenvalue weighted by molar-refractivity contribution is -0.999. The number of nitrogens with one attached hydrogen (secondary N) is 2. The fourth-order valence-electron chi connectivity index (χ4n) is 5.28. The van der Waals surface area contributed by atoms with E-state index >= 15 is 0 Å². The molecule has 0 aliphatic heterocycles. The molecule has 0 bridgehead atoms. The van der Waals surface area contributed by atoms with Gasteiger partial charge in [-0.25, -0.2) is 0 Å². The molecule has 0 heterocycles. The number of aliphatic hydroxyl groups excluding tert-OH is 6. The highest BCUT2D eigenvalue weighted by Gasteiger charge is 2.43. The predicted molar refractivity (Wildman–Crippen MR) is 166 cm³/mol. The van der Waals surface area contributed by atoms with Gasteiger partial charge in [0.15, 0.2) is 24.7 Å². The molecule has 0 aliphatic rings. The van der Waals surface area contributed by atoms with Gasteiger partial charge in [-0.15, -0.1) is 0 Å². The molecule has 0 aliphatic carbocycles. The zero-order valence-electron chi connectivity index (χ0n) is 26.0. The number of rotatable bonds is 19. The number of aromatic hydroxyl groups is 2. The van der Waals surface area contributed by atoms with E-state index in [9.17, 15) is 89.4 Å². The second-order valence-electron chi connectivity index (χ2n) is 10.9. The van der Waals surface area contributed by atoms with Crippen molar-refractivity contribution < 1.29 is 99.2 Å². The highest BCUT2D eigenvalue weighted by atomic mass is 31.2. The van der Waals surface area contributed by atoms with Crippen LogP contribution in [0.4, 0.5) is 0 Å². The van der Waals surface area contributed by atoms with E-state index in [1.54, 1.807) is 0 Å². The van der Waals surface area contributed by atoms with Crippen molar-refractivity contribution in [1.29, 1.82) is 0 Å². The minimum absolute atomic E-state index is 0. The molecule has 0 spiro atoms. The summed E-state index contributed by atoms with van der Waals surface area (Å²) in [4.78, 5) is 57.7. The van der Waals surface area contributed by atoms with E-state index in [1.807, 2.05) is 0 Å². The number of carboxylic acids is 2. The molecule has 286 valence electrons. The fourth-order valence-corrected chi connectivity index (χ4v) is 7.03. The van der Waals surface area contributed by atoms with Gasteiger partial charge in [-0.3, -0.25) is 9.13 Å². The Morgan fingerprint density at radius 2 is 1.10 bits per heavy atom. The van der Waals surface area contributed by atoms with Crippen molar-refractivity contribution in [3.63, 3.8) is 0 Å². The van der Waals surface area contributed by atoms with E-state index in [2.05, 4.69) is 0 Å². The van der Waals surface area contributed by atoms with Crippen LogP contribution < -0.4 is 20.0 Å². The van der Waals surface area contributed by atoms with E-state index in [0.717, 1.165) is 0 Å². The second kappa shape index (κ2) is 21.4. The Morgan fingerprint density at radius 1 is 0.640 bits per heavy atom.